The van der Waals surface area contributed by atoms with Gasteiger partial charge in [0, 0.05) is 18.2 Å². The second-order valence-electron chi connectivity index (χ2n) is 3.75. The molecule has 0 aliphatic heterocycles. The molecule has 1 aromatic rings. The molecule has 1 aromatic heterocycles. The van der Waals surface area contributed by atoms with Crippen LogP contribution in [0.25, 0.3) is 0 Å². The predicted molar refractivity (Wildman–Crippen MR) is 59.2 cm³/mol. The second kappa shape index (κ2) is 5.49. The predicted octanol–water partition coefficient (Wildman–Crippen LogP) is 2.85. The number of ether oxygens (including phenoxy) is 1. The Labute approximate surface area is 90.5 Å². The van der Waals surface area contributed by atoms with Gasteiger partial charge < -0.3 is 4.74 Å². The molecule has 1 heterocycles. The van der Waals surface area contributed by atoms with E-state index in [4.69, 9.17) is 4.74 Å². The van der Waals surface area contributed by atoms with Gasteiger partial charge in [-0.1, -0.05) is 6.92 Å². The molecular formula is C12H17NO2. The van der Waals surface area contributed by atoms with Crippen LogP contribution < -0.4 is 4.74 Å². The summed E-state index contributed by atoms with van der Waals surface area (Å²) in [7, 11) is 0. The molecule has 0 amide bonds. The van der Waals surface area contributed by atoms with Crippen molar-refractivity contribution in [1.29, 1.82) is 0 Å². The Bertz CT molecular complexity index is 334. The molecule has 0 saturated heterocycles. The lowest BCUT2D eigenvalue weighted by molar-refractivity contribution is 0.0980. The minimum absolute atomic E-state index is 0.100. The molecular weight excluding hydrogens is 190 g/mol. The average Bonchev–Trinajstić information content (AvgIpc) is 2.17. The maximum atomic E-state index is 11.6. The van der Waals surface area contributed by atoms with Gasteiger partial charge in [-0.05, 0) is 26.3 Å². The molecule has 0 N–H and O–H groups in total. The fourth-order valence-electron chi connectivity index (χ4n) is 1.28. The molecule has 0 fully saturated rings. The standard InChI is InChI=1S/C12H17NO2/c1-4-5-12(14)10-6-11(8-13-7-10)15-9(2)3/h6-9H,4-5H2,1-3H3. The lowest BCUT2D eigenvalue weighted by Crippen LogP contribution is -2.07. The number of aromatic nitrogens is 1. The van der Waals surface area contributed by atoms with Crippen molar-refractivity contribution in [2.45, 2.75) is 39.7 Å². The molecule has 0 saturated carbocycles. The number of carbonyl (C=O) groups is 1. The van der Waals surface area contributed by atoms with Gasteiger partial charge in [-0.2, -0.15) is 0 Å². The van der Waals surface area contributed by atoms with Gasteiger partial charge in [0.2, 0.25) is 0 Å². The third-order valence-electron chi connectivity index (χ3n) is 1.88. The van der Waals surface area contributed by atoms with Gasteiger partial charge in [0.05, 0.1) is 12.3 Å². The maximum Gasteiger partial charge on any atom is 0.164 e. The van der Waals surface area contributed by atoms with Crippen molar-refractivity contribution in [2.75, 3.05) is 0 Å². The summed E-state index contributed by atoms with van der Waals surface area (Å²) in [6, 6.07) is 1.75. The normalized spacial score (nSPS) is 10.4. The Morgan fingerprint density at radius 3 is 2.80 bits per heavy atom. The first-order valence-electron chi connectivity index (χ1n) is 5.28. The Morgan fingerprint density at radius 2 is 2.20 bits per heavy atom. The van der Waals surface area contributed by atoms with Crippen LogP contribution in [0.5, 0.6) is 5.75 Å². The van der Waals surface area contributed by atoms with Crippen molar-refractivity contribution < 1.29 is 9.53 Å². The zero-order valence-corrected chi connectivity index (χ0v) is 9.49. The summed E-state index contributed by atoms with van der Waals surface area (Å²) in [6.07, 6.45) is 4.73. The summed E-state index contributed by atoms with van der Waals surface area (Å²) in [6.45, 7) is 5.88. The molecule has 1 rings (SSSR count). The Morgan fingerprint density at radius 1 is 1.47 bits per heavy atom. The highest BCUT2D eigenvalue weighted by atomic mass is 16.5. The van der Waals surface area contributed by atoms with E-state index in [1.54, 1.807) is 18.5 Å². The summed E-state index contributed by atoms with van der Waals surface area (Å²) >= 11 is 0. The molecule has 0 spiro atoms. The van der Waals surface area contributed by atoms with E-state index in [0.29, 0.717) is 17.7 Å². The monoisotopic (exact) mass is 207 g/mol. The van der Waals surface area contributed by atoms with Crippen LogP contribution in [0.2, 0.25) is 0 Å². The number of ketones is 1. The van der Waals surface area contributed by atoms with Crippen molar-refractivity contribution in [3.8, 4) is 5.75 Å². The van der Waals surface area contributed by atoms with Gasteiger partial charge in [0.1, 0.15) is 5.75 Å². The molecule has 82 valence electrons. The molecule has 0 aliphatic rings. The number of pyridine rings is 1. The molecule has 0 bridgehead atoms. The zero-order chi connectivity index (χ0) is 11.3. The first-order valence-corrected chi connectivity index (χ1v) is 5.28. The Hall–Kier alpha value is -1.38. The van der Waals surface area contributed by atoms with Gasteiger partial charge in [-0.15, -0.1) is 0 Å². The summed E-state index contributed by atoms with van der Waals surface area (Å²) in [5, 5.41) is 0. The highest BCUT2D eigenvalue weighted by Crippen LogP contribution is 2.14. The smallest absolute Gasteiger partial charge is 0.164 e. The first-order chi connectivity index (χ1) is 7.13. The van der Waals surface area contributed by atoms with Gasteiger partial charge >= 0.3 is 0 Å². The average molecular weight is 207 g/mol. The van der Waals surface area contributed by atoms with Crippen molar-refractivity contribution in [1.82, 2.24) is 4.98 Å². The van der Waals surface area contributed by atoms with E-state index in [0.717, 1.165) is 6.42 Å². The van der Waals surface area contributed by atoms with Crippen molar-refractivity contribution in [3.05, 3.63) is 24.0 Å². The highest BCUT2D eigenvalue weighted by Gasteiger charge is 2.07. The Balaban J connectivity index is 2.78. The number of hydrogen-bond donors (Lipinski definition) is 0. The minimum Gasteiger partial charge on any atom is -0.489 e. The maximum absolute atomic E-state index is 11.6. The second-order valence-corrected chi connectivity index (χ2v) is 3.75. The van der Waals surface area contributed by atoms with E-state index in [1.807, 2.05) is 20.8 Å². The van der Waals surface area contributed by atoms with Crippen LogP contribution in [-0.2, 0) is 0 Å². The summed E-state index contributed by atoms with van der Waals surface area (Å²) in [5.41, 5.74) is 0.634. The molecule has 3 nitrogen and oxygen atoms in total. The topological polar surface area (TPSA) is 39.2 Å². The van der Waals surface area contributed by atoms with E-state index < -0.39 is 0 Å². The van der Waals surface area contributed by atoms with Crippen LogP contribution >= 0.6 is 0 Å². The number of rotatable bonds is 5. The van der Waals surface area contributed by atoms with Crippen LogP contribution in [0.15, 0.2) is 18.5 Å². The van der Waals surface area contributed by atoms with E-state index >= 15 is 0 Å². The molecule has 0 aromatic carbocycles. The Kier molecular flexibility index (Phi) is 4.28. The van der Waals surface area contributed by atoms with Crippen molar-refractivity contribution >= 4 is 5.78 Å². The van der Waals surface area contributed by atoms with E-state index in [2.05, 4.69) is 4.98 Å². The van der Waals surface area contributed by atoms with Crippen LogP contribution in [0.4, 0.5) is 0 Å². The first kappa shape index (κ1) is 11.7. The fourth-order valence-corrected chi connectivity index (χ4v) is 1.28. The van der Waals surface area contributed by atoms with Gasteiger partial charge in [0.25, 0.3) is 0 Å². The summed E-state index contributed by atoms with van der Waals surface area (Å²) in [5.74, 6) is 0.783. The number of carbonyl (C=O) groups excluding carboxylic acids is 1. The van der Waals surface area contributed by atoms with Gasteiger partial charge in [-0.25, -0.2) is 0 Å². The molecule has 0 unspecified atom stereocenters. The van der Waals surface area contributed by atoms with Crippen LogP contribution in [0.1, 0.15) is 44.0 Å². The van der Waals surface area contributed by atoms with E-state index in [-0.39, 0.29) is 11.9 Å². The minimum atomic E-state index is 0.100. The highest BCUT2D eigenvalue weighted by molar-refractivity contribution is 5.96. The molecule has 3 heteroatoms. The molecule has 15 heavy (non-hydrogen) atoms. The molecule has 0 aliphatic carbocycles. The number of nitrogens with zero attached hydrogens (tertiary/aromatic N) is 1. The van der Waals surface area contributed by atoms with E-state index in [9.17, 15) is 4.79 Å². The largest absolute Gasteiger partial charge is 0.489 e. The third kappa shape index (κ3) is 3.70. The number of Topliss-reactive ketones (excluding diaryl/α,β-unsaturated/α-hetero) is 1. The van der Waals surface area contributed by atoms with Crippen molar-refractivity contribution in [3.63, 3.8) is 0 Å². The fraction of sp³-hybridized carbons (Fsp3) is 0.500. The van der Waals surface area contributed by atoms with E-state index in [1.165, 1.54) is 0 Å². The van der Waals surface area contributed by atoms with Crippen LogP contribution in [0, 0.1) is 0 Å². The molecule has 0 atom stereocenters. The van der Waals surface area contributed by atoms with Gasteiger partial charge in [-0.3, -0.25) is 9.78 Å². The van der Waals surface area contributed by atoms with Crippen molar-refractivity contribution in [2.24, 2.45) is 0 Å². The lowest BCUT2D eigenvalue weighted by atomic mass is 10.1. The van der Waals surface area contributed by atoms with Crippen LogP contribution in [-0.4, -0.2) is 16.9 Å². The summed E-state index contributed by atoms with van der Waals surface area (Å²) < 4.78 is 5.47. The molecule has 0 radical (unpaired) electrons. The SMILES string of the molecule is CCCC(=O)c1cncc(OC(C)C)c1. The quantitative estimate of drug-likeness (QED) is 0.697. The van der Waals surface area contributed by atoms with Crippen LogP contribution in [0.3, 0.4) is 0 Å². The summed E-state index contributed by atoms with van der Waals surface area (Å²) in [4.78, 5) is 15.6. The zero-order valence-electron chi connectivity index (χ0n) is 9.49. The van der Waals surface area contributed by atoms with Gasteiger partial charge in [0.15, 0.2) is 5.78 Å². The third-order valence-corrected chi connectivity index (χ3v) is 1.88. The lowest BCUT2D eigenvalue weighted by Gasteiger charge is -2.09. The number of hydrogen-bond acceptors (Lipinski definition) is 3.